The Morgan fingerprint density at radius 3 is 0.835 bits per heavy atom. The first kappa shape index (κ1) is 83.1. The number of carbonyl (C=O) groups excluding carboxylic acids is 2. The van der Waals surface area contributed by atoms with Crippen LogP contribution < -0.4 is 5.32 Å². The van der Waals surface area contributed by atoms with E-state index in [9.17, 15) is 19.8 Å². The fraction of sp³-hybridized carbons (Fsp3) is 0.899. The molecule has 0 rings (SSSR count). The highest BCUT2D eigenvalue weighted by Crippen LogP contribution is 2.19. The fourth-order valence-electron chi connectivity index (χ4n) is 12.2. The van der Waals surface area contributed by atoms with Crippen molar-refractivity contribution in [3.63, 3.8) is 0 Å². The van der Waals surface area contributed by atoms with Crippen LogP contribution in [0.1, 0.15) is 431 Å². The van der Waals surface area contributed by atoms with E-state index < -0.39 is 12.1 Å². The molecule has 0 heterocycles. The van der Waals surface area contributed by atoms with Crippen molar-refractivity contribution < 1.29 is 24.5 Å². The summed E-state index contributed by atoms with van der Waals surface area (Å²) in [5.41, 5.74) is 0. The van der Waals surface area contributed by atoms with Gasteiger partial charge in [0, 0.05) is 12.8 Å². The van der Waals surface area contributed by atoms with E-state index in [1.807, 2.05) is 6.08 Å². The van der Waals surface area contributed by atoms with Gasteiger partial charge in [-0.1, -0.05) is 371 Å². The average Bonchev–Trinajstić information content (AvgIpc) is 3.51. The molecule has 0 aromatic heterocycles. The number of ether oxygens (including phenoxy) is 1. The van der Waals surface area contributed by atoms with E-state index in [-0.39, 0.29) is 18.5 Å². The number of esters is 1. The maximum absolute atomic E-state index is 12.5. The van der Waals surface area contributed by atoms with Gasteiger partial charge in [-0.3, -0.25) is 9.59 Å². The van der Waals surface area contributed by atoms with E-state index in [0.29, 0.717) is 19.4 Å². The van der Waals surface area contributed by atoms with Crippen molar-refractivity contribution in [2.75, 3.05) is 13.2 Å². The van der Waals surface area contributed by atoms with Crippen LogP contribution in [0.4, 0.5) is 0 Å². The van der Waals surface area contributed by atoms with Crippen molar-refractivity contribution >= 4 is 11.9 Å². The first-order valence-electron chi connectivity index (χ1n) is 38.8. The quantitative estimate of drug-likeness (QED) is 0.0320. The highest BCUT2D eigenvalue weighted by Gasteiger charge is 2.18. The largest absolute Gasteiger partial charge is 0.466 e. The van der Waals surface area contributed by atoms with Gasteiger partial charge < -0.3 is 20.3 Å². The Morgan fingerprint density at radius 2 is 0.553 bits per heavy atom. The predicted molar refractivity (Wildman–Crippen MR) is 375 cm³/mol. The number of allylic oxidation sites excluding steroid dienone is 5. The number of hydrogen-bond acceptors (Lipinski definition) is 5. The molecule has 85 heavy (non-hydrogen) atoms. The van der Waals surface area contributed by atoms with Gasteiger partial charge >= 0.3 is 5.97 Å². The Morgan fingerprint density at radius 1 is 0.318 bits per heavy atom. The Bertz CT molecular complexity index is 1380. The molecule has 1 amide bonds. The number of hydrogen-bond donors (Lipinski definition) is 3. The minimum Gasteiger partial charge on any atom is -0.466 e. The summed E-state index contributed by atoms with van der Waals surface area (Å²) in [5.74, 6) is -0.0455. The molecule has 0 radical (unpaired) electrons. The SMILES string of the molecule is CCCCCCCC/C=C\CCCCCCCCCC(=O)OCCCCCCCCCCCCCC/C=C\CCCCCCCCCCCCCCCCCCCC(=O)NC(CO)C(O)/C=C/CCCCCCCCCCCCCCCCCC. The lowest BCUT2D eigenvalue weighted by Crippen LogP contribution is -2.45. The maximum Gasteiger partial charge on any atom is 0.305 e. The Kier molecular flexibility index (Phi) is 72.9. The summed E-state index contributed by atoms with van der Waals surface area (Å²) in [5, 5.41) is 23.2. The van der Waals surface area contributed by atoms with Crippen LogP contribution in [0, 0.1) is 0 Å². The fourth-order valence-corrected chi connectivity index (χ4v) is 12.2. The van der Waals surface area contributed by atoms with E-state index >= 15 is 0 Å². The number of aliphatic hydroxyl groups is 2. The van der Waals surface area contributed by atoms with Gasteiger partial charge in [-0.25, -0.2) is 0 Å². The molecule has 0 saturated heterocycles. The van der Waals surface area contributed by atoms with Crippen LogP contribution in [0.2, 0.25) is 0 Å². The van der Waals surface area contributed by atoms with Crippen molar-refractivity contribution in [1.29, 1.82) is 0 Å². The number of carbonyl (C=O) groups is 2. The molecule has 2 atom stereocenters. The average molecular weight is 1200 g/mol. The van der Waals surface area contributed by atoms with Crippen LogP contribution in [0.3, 0.4) is 0 Å². The van der Waals surface area contributed by atoms with E-state index in [4.69, 9.17) is 4.74 Å². The second kappa shape index (κ2) is 74.5. The third-order valence-electron chi connectivity index (χ3n) is 18.1. The third-order valence-corrected chi connectivity index (χ3v) is 18.1. The zero-order valence-electron chi connectivity index (χ0n) is 57.6. The number of aliphatic hydroxyl groups excluding tert-OH is 2. The van der Waals surface area contributed by atoms with E-state index in [1.54, 1.807) is 6.08 Å². The summed E-state index contributed by atoms with van der Waals surface area (Å²) in [7, 11) is 0. The van der Waals surface area contributed by atoms with Crippen molar-refractivity contribution in [3.8, 4) is 0 Å². The molecule has 6 heteroatoms. The zero-order chi connectivity index (χ0) is 61.3. The molecule has 0 aliphatic rings. The maximum atomic E-state index is 12.5. The Hall–Kier alpha value is -1.92. The number of rotatable bonds is 73. The third kappa shape index (κ3) is 71.0. The molecule has 0 saturated carbocycles. The molecule has 502 valence electrons. The van der Waals surface area contributed by atoms with Crippen molar-refractivity contribution in [2.24, 2.45) is 0 Å². The normalized spacial score (nSPS) is 12.7. The first-order valence-corrected chi connectivity index (χ1v) is 38.8. The van der Waals surface area contributed by atoms with Crippen LogP contribution in [0.25, 0.3) is 0 Å². The van der Waals surface area contributed by atoms with E-state index in [2.05, 4.69) is 43.5 Å². The second-order valence-corrected chi connectivity index (χ2v) is 26.7. The summed E-state index contributed by atoms with van der Waals surface area (Å²) in [4.78, 5) is 24.6. The van der Waals surface area contributed by atoms with Crippen LogP contribution in [-0.4, -0.2) is 47.4 Å². The standard InChI is InChI=1S/C79H151NO5/c1-3-5-7-9-11-13-15-17-19-21-40-43-47-51-55-59-63-67-71-77(82)76(75-81)80-78(83)72-68-64-60-56-52-48-44-41-37-35-33-31-29-27-25-23-22-24-26-28-30-32-34-36-38-42-46-50-54-58-62-66-70-74-85-79(84)73-69-65-61-57-53-49-45-39-20-18-16-14-12-10-8-6-4-2/h18,20,26,28,67,71,76-77,81-82H,3-17,19,21-25,27,29-66,68-70,72-75H2,1-2H3,(H,80,83)/b20-18-,28-26-,71-67+. The van der Waals surface area contributed by atoms with Crippen molar-refractivity contribution in [2.45, 2.75) is 443 Å². The van der Waals surface area contributed by atoms with E-state index in [0.717, 1.165) is 44.9 Å². The van der Waals surface area contributed by atoms with E-state index in [1.165, 1.54) is 360 Å². The minimum atomic E-state index is -0.843. The number of unbranched alkanes of at least 4 members (excludes halogenated alkanes) is 58. The van der Waals surface area contributed by atoms with Gasteiger partial charge in [0.1, 0.15) is 0 Å². The lowest BCUT2D eigenvalue weighted by atomic mass is 10.0. The van der Waals surface area contributed by atoms with Gasteiger partial charge in [0.2, 0.25) is 5.91 Å². The highest BCUT2D eigenvalue weighted by molar-refractivity contribution is 5.76. The van der Waals surface area contributed by atoms with Gasteiger partial charge in [-0.2, -0.15) is 0 Å². The van der Waals surface area contributed by atoms with Gasteiger partial charge in [-0.15, -0.1) is 0 Å². The van der Waals surface area contributed by atoms with Crippen LogP contribution in [-0.2, 0) is 14.3 Å². The zero-order valence-corrected chi connectivity index (χ0v) is 57.6. The van der Waals surface area contributed by atoms with Crippen LogP contribution in [0.15, 0.2) is 36.5 Å². The molecule has 3 N–H and O–H groups in total. The molecule has 2 unspecified atom stereocenters. The molecular formula is C79H151NO5. The number of nitrogens with one attached hydrogen (secondary N) is 1. The minimum absolute atomic E-state index is 0.0158. The lowest BCUT2D eigenvalue weighted by molar-refractivity contribution is -0.143. The molecule has 6 nitrogen and oxygen atoms in total. The monoisotopic (exact) mass is 1190 g/mol. The molecular weight excluding hydrogens is 1040 g/mol. The predicted octanol–water partition coefficient (Wildman–Crippen LogP) is 25.4. The summed E-state index contributed by atoms with van der Waals surface area (Å²) in [6.45, 7) is 4.94. The van der Waals surface area contributed by atoms with Crippen molar-refractivity contribution in [3.05, 3.63) is 36.5 Å². The van der Waals surface area contributed by atoms with Gasteiger partial charge in [0.05, 0.1) is 25.4 Å². The summed E-state index contributed by atoms with van der Waals surface area (Å²) >= 11 is 0. The second-order valence-electron chi connectivity index (χ2n) is 26.7. The summed E-state index contributed by atoms with van der Waals surface area (Å²) in [6.07, 6.45) is 96.9. The van der Waals surface area contributed by atoms with Gasteiger partial charge in [0.25, 0.3) is 0 Å². The van der Waals surface area contributed by atoms with Crippen molar-refractivity contribution in [1.82, 2.24) is 5.32 Å². The first-order chi connectivity index (χ1) is 42.0. The van der Waals surface area contributed by atoms with Gasteiger partial charge in [-0.05, 0) is 83.5 Å². The Balaban J connectivity index is 3.36. The lowest BCUT2D eigenvalue weighted by Gasteiger charge is -2.20. The molecule has 0 spiro atoms. The highest BCUT2D eigenvalue weighted by atomic mass is 16.5. The molecule has 0 fully saturated rings. The molecule has 0 aliphatic heterocycles. The molecule has 0 aliphatic carbocycles. The van der Waals surface area contributed by atoms with Gasteiger partial charge in [0.15, 0.2) is 0 Å². The summed E-state index contributed by atoms with van der Waals surface area (Å²) < 4.78 is 5.51. The molecule has 0 aromatic rings. The van der Waals surface area contributed by atoms with Crippen LogP contribution in [0.5, 0.6) is 0 Å². The topological polar surface area (TPSA) is 95.9 Å². The molecule has 0 bridgehead atoms. The molecule has 0 aromatic carbocycles. The van der Waals surface area contributed by atoms with Crippen LogP contribution >= 0.6 is 0 Å². The summed E-state index contributed by atoms with van der Waals surface area (Å²) in [6, 6.07) is -0.626. The number of amides is 1. The smallest absolute Gasteiger partial charge is 0.305 e. The Labute approximate surface area is 532 Å².